The maximum absolute atomic E-state index is 13.2. The quantitative estimate of drug-likeness (QED) is 0.0215. The maximum Gasteiger partial charge on any atom is 0.249 e. The molecule has 0 saturated carbocycles. The average molecular weight is 1030 g/mol. The Morgan fingerprint density at radius 1 is 0.472 bits per heavy atom. The molecule has 1 aliphatic rings. The summed E-state index contributed by atoms with van der Waals surface area (Å²) in [5.41, 5.74) is 0. The van der Waals surface area contributed by atoms with E-state index in [-0.39, 0.29) is 6.42 Å². The minimum atomic E-state index is -1.66. The highest BCUT2D eigenvalue weighted by Gasteiger charge is 2.44. The Labute approximate surface area is 442 Å². The Bertz CT molecular complexity index is 1180. The number of nitrogens with one attached hydrogen (secondary N) is 1. The highest BCUT2D eigenvalue weighted by atomic mass is 16.7. The number of hydrogen-bond donors (Lipinski definition) is 8. The minimum absolute atomic E-state index is 0.256. The summed E-state index contributed by atoms with van der Waals surface area (Å²) < 4.78 is 11.2. The van der Waals surface area contributed by atoms with E-state index in [1.54, 1.807) is 0 Å². The summed E-state index contributed by atoms with van der Waals surface area (Å²) >= 11 is 0. The zero-order valence-electron chi connectivity index (χ0n) is 46.9. The van der Waals surface area contributed by atoms with Crippen LogP contribution in [0.1, 0.15) is 303 Å². The minimum Gasteiger partial charge on any atom is -0.394 e. The van der Waals surface area contributed by atoms with Gasteiger partial charge in [-0.05, 0) is 38.5 Å². The zero-order chi connectivity index (χ0) is 52.5. The van der Waals surface area contributed by atoms with Crippen LogP contribution >= 0.6 is 0 Å². The van der Waals surface area contributed by atoms with E-state index in [1.807, 2.05) is 0 Å². The molecular formula is C61H119NO10. The summed E-state index contributed by atoms with van der Waals surface area (Å²) in [4.78, 5) is 13.2. The second-order valence-electron chi connectivity index (χ2n) is 22.1. The molecule has 1 heterocycles. The van der Waals surface area contributed by atoms with Crippen LogP contribution in [-0.2, 0) is 14.3 Å². The van der Waals surface area contributed by atoms with E-state index in [0.29, 0.717) is 19.3 Å². The van der Waals surface area contributed by atoms with Crippen LogP contribution in [0.25, 0.3) is 0 Å². The second kappa shape index (κ2) is 50.7. The molecule has 1 rings (SSSR count). The molecule has 9 atom stereocenters. The number of amides is 1. The van der Waals surface area contributed by atoms with Gasteiger partial charge in [-0.15, -0.1) is 0 Å². The van der Waals surface area contributed by atoms with Crippen LogP contribution in [0.15, 0.2) is 12.2 Å². The smallest absolute Gasteiger partial charge is 0.249 e. The Balaban J connectivity index is 2.23. The summed E-state index contributed by atoms with van der Waals surface area (Å²) in [6.45, 7) is 3.48. The summed E-state index contributed by atoms with van der Waals surface area (Å²) in [5.74, 6) is -0.697. The number of hydrogen-bond acceptors (Lipinski definition) is 10. The van der Waals surface area contributed by atoms with E-state index in [9.17, 15) is 40.5 Å². The number of rotatable bonds is 54. The third-order valence-corrected chi connectivity index (χ3v) is 15.3. The van der Waals surface area contributed by atoms with Crippen molar-refractivity contribution in [2.45, 2.75) is 358 Å². The fourth-order valence-corrected chi connectivity index (χ4v) is 10.3. The van der Waals surface area contributed by atoms with Gasteiger partial charge in [0.25, 0.3) is 0 Å². The van der Waals surface area contributed by atoms with Gasteiger partial charge in [0.1, 0.15) is 36.6 Å². The highest BCUT2D eigenvalue weighted by molar-refractivity contribution is 5.80. The average Bonchev–Trinajstić information content (AvgIpc) is 3.38. The van der Waals surface area contributed by atoms with Crippen LogP contribution in [0.3, 0.4) is 0 Å². The summed E-state index contributed by atoms with van der Waals surface area (Å²) in [7, 11) is 0. The molecule has 0 aliphatic carbocycles. The van der Waals surface area contributed by atoms with Gasteiger partial charge in [-0.1, -0.05) is 276 Å². The first-order valence-electron chi connectivity index (χ1n) is 31.1. The molecule has 0 bridgehead atoms. The standard InChI is InChI=1S/C61H119NO10/c1-3-5-7-9-11-13-15-17-19-21-22-23-24-25-26-27-28-29-30-31-32-33-35-36-38-40-42-44-46-48-53(64)56(66)52(51-71-61-59(69)58(68)57(67)55(50-63)72-61)62-60(70)54(65)49-47-45-43-41-39-37-34-20-18-16-14-12-10-8-6-4-2/h18,20,52-59,61,63-69H,3-17,19,21-51H2,1-2H3,(H,62,70)/b20-18-. The summed E-state index contributed by atoms with van der Waals surface area (Å²) in [5, 5.41) is 76.2. The van der Waals surface area contributed by atoms with Crippen molar-refractivity contribution in [1.29, 1.82) is 0 Å². The van der Waals surface area contributed by atoms with E-state index in [2.05, 4.69) is 31.3 Å². The Morgan fingerprint density at radius 3 is 1.17 bits per heavy atom. The number of carbonyl (C=O) groups is 1. The van der Waals surface area contributed by atoms with Crippen molar-refractivity contribution < 1.29 is 50.0 Å². The number of allylic oxidation sites excluding steroid dienone is 2. The van der Waals surface area contributed by atoms with Crippen LogP contribution < -0.4 is 5.32 Å². The van der Waals surface area contributed by atoms with Gasteiger partial charge in [-0.2, -0.15) is 0 Å². The van der Waals surface area contributed by atoms with Crippen molar-refractivity contribution in [1.82, 2.24) is 5.32 Å². The van der Waals surface area contributed by atoms with Crippen molar-refractivity contribution in [3.8, 4) is 0 Å². The SMILES string of the molecule is CCCCCCCC/C=C\CCCCCCCCC(O)C(=O)NC(COC1OC(CO)C(O)C(O)C1O)C(O)C(O)CCCCCCCCCCCCCCCCCCCCCCCCCCCCCCC. The van der Waals surface area contributed by atoms with Crippen molar-refractivity contribution in [3.05, 3.63) is 12.2 Å². The molecule has 428 valence electrons. The van der Waals surface area contributed by atoms with Crippen molar-refractivity contribution in [3.63, 3.8) is 0 Å². The monoisotopic (exact) mass is 1030 g/mol. The molecule has 8 N–H and O–H groups in total. The Kier molecular flexibility index (Phi) is 48.4. The van der Waals surface area contributed by atoms with Gasteiger partial charge in [0.05, 0.1) is 25.4 Å². The first kappa shape index (κ1) is 68.9. The first-order valence-corrected chi connectivity index (χ1v) is 31.1. The van der Waals surface area contributed by atoms with Crippen LogP contribution in [0.4, 0.5) is 0 Å². The number of ether oxygens (including phenoxy) is 2. The fourth-order valence-electron chi connectivity index (χ4n) is 10.3. The van der Waals surface area contributed by atoms with Gasteiger partial charge in [0.15, 0.2) is 6.29 Å². The number of aliphatic hydroxyl groups excluding tert-OH is 7. The molecule has 0 aromatic rings. The fraction of sp³-hybridized carbons (Fsp3) is 0.951. The predicted octanol–water partition coefficient (Wildman–Crippen LogP) is 13.5. The van der Waals surface area contributed by atoms with Gasteiger partial charge < -0.3 is 50.5 Å². The number of unbranched alkanes of at least 4 members (excludes halogenated alkanes) is 40. The lowest BCUT2D eigenvalue weighted by Gasteiger charge is -2.40. The van der Waals surface area contributed by atoms with E-state index in [0.717, 1.165) is 51.4 Å². The van der Waals surface area contributed by atoms with Crippen molar-refractivity contribution >= 4 is 5.91 Å². The van der Waals surface area contributed by atoms with Crippen LogP contribution in [0, 0.1) is 0 Å². The van der Waals surface area contributed by atoms with Gasteiger partial charge >= 0.3 is 0 Å². The number of carbonyl (C=O) groups excluding carboxylic acids is 1. The van der Waals surface area contributed by atoms with E-state index in [4.69, 9.17) is 9.47 Å². The lowest BCUT2D eigenvalue weighted by Crippen LogP contribution is -2.60. The van der Waals surface area contributed by atoms with Crippen molar-refractivity contribution in [2.24, 2.45) is 0 Å². The molecule has 11 nitrogen and oxygen atoms in total. The molecule has 1 saturated heterocycles. The molecular weight excluding hydrogens is 907 g/mol. The van der Waals surface area contributed by atoms with E-state index < -0.39 is 74.2 Å². The lowest BCUT2D eigenvalue weighted by molar-refractivity contribution is -0.303. The van der Waals surface area contributed by atoms with E-state index >= 15 is 0 Å². The summed E-state index contributed by atoms with van der Waals surface area (Å²) in [6, 6.07) is -1.17. The van der Waals surface area contributed by atoms with Gasteiger partial charge in [-0.25, -0.2) is 0 Å². The molecule has 72 heavy (non-hydrogen) atoms. The Morgan fingerprint density at radius 2 is 0.806 bits per heavy atom. The number of aliphatic hydroxyl groups is 7. The van der Waals surface area contributed by atoms with Crippen LogP contribution in [0.5, 0.6) is 0 Å². The third-order valence-electron chi connectivity index (χ3n) is 15.3. The predicted molar refractivity (Wildman–Crippen MR) is 298 cm³/mol. The van der Waals surface area contributed by atoms with Crippen molar-refractivity contribution in [2.75, 3.05) is 13.2 Å². The Hall–Kier alpha value is -1.15. The topological polar surface area (TPSA) is 189 Å². The second-order valence-corrected chi connectivity index (χ2v) is 22.1. The maximum atomic E-state index is 13.2. The molecule has 0 aromatic heterocycles. The summed E-state index contributed by atoms with van der Waals surface area (Å²) in [6.07, 6.45) is 48.5. The van der Waals surface area contributed by atoms with Crippen LogP contribution in [0.2, 0.25) is 0 Å². The normalized spacial score (nSPS) is 20.0. The van der Waals surface area contributed by atoms with Crippen LogP contribution in [-0.4, -0.2) is 110 Å². The third kappa shape index (κ3) is 38.4. The molecule has 11 heteroatoms. The molecule has 1 aliphatic heterocycles. The molecule has 1 fully saturated rings. The highest BCUT2D eigenvalue weighted by Crippen LogP contribution is 2.24. The molecule has 1 amide bonds. The largest absolute Gasteiger partial charge is 0.394 e. The molecule has 0 radical (unpaired) electrons. The van der Waals surface area contributed by atoms with Gasteiger partial charge in [-0.3, -0.25) is 4.79 Å². The molecule has 0 spiro atoms. The van der Waals surface area contributed by atoms with Gasteiger partial charge in [0, 0.05) is 0 Å². The molecule has 0 aromatic carbocycles. The lowest BCUT2D eigenvalue weighted by atomic mass is 9.98. The molecule has 9 unspecified atom stereocenters. The zero-order valence-corrected chi connectivity index (χ0v) is 46.9. The van der Waals surface area contributed by atoms with Gasteiger partial charge in [0.2, 0.25) is 5.91 Å². The first-order chi connectivity index (χ1) is 35.2. The van der Waals surface area contributed by atoms with E-state index in [1.165, 1.54) is 212 Å².